The van der Waals surface area contributed by atoms with Gasteiger partial charge in [-0.15, -0.1) is 11.8 Å². The van der Waals surface area contributed by atoms with Crippen molar-refractivity contribution in [2.75, 3.05) is 11.9 Å². The van der Waals surface area contributed by atoms with Gasteiger partial charge in [0.15, 0.2) is 0 Å². The van der Waals surface area contributed by atoms with Crippen molar-refractivity contribution in [2.45, 2.75) is 17.6 Å². The molecular formula is C23H20ClNO3S. The van der Waals surface area contributed by atoms with E-state index in [9.17, 15) is 9.59 Å². The van der Waals surface area contributed by atoms with Gasteiger partial charge in [-0.05, 0) is 42.8 Å². The second kappa shape index (κ2) is 10.1. The molecule has 3 aromatic rings. The Hall–Kier alpha value is -2.76. The van der Waals surface area contributed by atoms with E-state index >= 15 is 0 Å². The van der Waals surface area contributed by atoms with Crippen LogP contribution in [0, 0.1) is 0 Å². The Kier molecular flexibility index (Phi) is 7.33. The number of ether oxygens (including phenoxy) is 1. The molecule has 0 aliphatic carbocycles. The maximum Gasteiger partial charge on any atom is 0.338 e. The molecule has 29 heavy (non-hydrogen) atoms. The van der Waals surface area contributed by atoms with Gasteiger partial charge in [0.05, 0.1) is 28.4 Å². The predicted octanol–water partition coefficient (Wildman–Crippen LogP) is 6.06. The number of halogens is 1. The highest BCUT2D eigenvalue weighted by atomic mass is 35.5. The Morgan fingerprint density at radius 2 is 1.72 bits per heavy atom. The summed E-state index contributed by atoms with van der Waals surface area (Å²) in [6.45, 7) is 2.02. The van der Waals surface area contributed by atoms with Crippen LogP contribution in [0.1, 0.15) is 33.2 Å². The Morgan fingerprint density at radius 1 is 1.00 bits per heavy atom. The molecule has 6 heteroatoms. The molecule has 0 unspecified atom stereocenters. The van der Waals surface area contributed by atoms with Crippen molar-refractivity contribution in [3.8, 4) is 0 Å². The minimum Gasteiger partial charge on any atom is -0.462 e. The third-order valence-electron chi connectivity index (χ3n) is 4.10. The number of carbonyl (C=O) groups is 2. The molecule has 1 amide bonds. The summed E-state index contributed by atoms with van der Waals surface area (Å²) in [4.78, 5) is 25.5. The average Bonchev–Trinajstić information content (AvgIpc) is 2.74. The summed E-state index contributed by atoms with van der Waals surface area (Å²) in [5.74, 6) is 0.0574. The minimum atomic E-state index is -0.449. The summed E-state index contributed by atoms with van der Waals surface area (Å²) in [6.07, 6.45) is 0. The van der Waals surface area contributed by atoms with Crippen molar-refractivity contribution in [1.82, 2.24) is 0 Å². The normalized spacial score (nSPS) is 10.4. The second-order valence-electron chi connectivity index (χ2n) is 6.14. The van der Waals surface area contributed by atoms with Crippen LogP contribution in [-0.2, 0) is 10.5 Å². The summed E-state index contributed by atoms with van der Waals surface area (Å²) in [5.41, 5.74) is 2.53. The van der Waals surface area contributed by atoms with Gasteiger partial charge < -0.3 is 10.1 Å². The lowest BCUT2D eigenvalue weighted by Crippen LogP contribution is -2.14. The number of carbonyl (C=O) groups excluding carboxylic acids is 2. The van der Waals surface area contributed by atoms with Gasteiger partial charge in [0.2, 0.25) is 0 Å². The molecule has 148 valence electrons. The highest BCUT2D eigenvalue weighted by Gasteiger charge is 2.15. The van der Waals surface area contributed by atoms with E-state index in [1.807, 2.05) is 36.4 Å². The van der Waals surface area contributed by atoms with Crippen LogP contribution < -0.4 is 5.32 Å². The van der Waals surface area contributed by atoms with Crippen LogP contribution in [0.2, 0.25) is 5.02 Å². The fourth-order valence-electron chi connectivity index (χ4n) is 2.66. The number of anilines is 1. The van der Waals surface area contributed by atoms with Gasteiger partial charge in [-0.3, -0.25) is 4.79 Å². The minimum absolute atomic E-state index is 0.257. The lowest BCUT2D eigenvalue weighted by Gasteiger charge is -2.12. The van der Waals surface area contributed by atoms with Gasteiger partial charge in [-0.25, -0.2) is 4.79 Å². The molecule has 0 heterocycles. The lowest BCUT2D eigenvalue weighted by molar-refractivity contribution is 0.0526. The number of rotatable bonds is 7. The number of thioether (sulfide) groups is 1. The van der Waals surface area contributed by atoms with Gasteiger partial charge in [0, 0.05) is 10.6 Å². The fourth-order valence-corrected chi connectivity index (χ4v) is 3.90. The first-order valence-electron chi connectivity index (χ1n) is 9.12. The van der Waals surface area contributed by atoms with E-state index in [4.69, 9.17) is 16.3 Å². The second-order valence-corrected chi connectivity index (χ2v) is 7.56. The van der Waals surface area contributed by atoms with E-state index in [1.165, 1.54) is 11.6 Å². The third-order valence-corrected chi connectivity index (χ3v) is 5.55. The van der Waals surface area contributed by atoms with Crippen LogP contribution in [0.25, 0.3) is 0 Å². The molecule has 0 radical (unpaired) electrons. The number of hydrogen-bond acceptors (Lipinski definition) is 4. The van der Waals surface area contributed by atoms with Crippen molar-refractivity contribution in [2.24, 2.45) is 0 Å². The number of amides is 1. The standard InChI is InChI=1S/C23H20ClNO3S/c1-2-28-23(27)17-12-13-20(19(24)14-17)25-22(26)18-10-6-7-11-21(18)29-15-16-8-4-3-5-9-16/h3-14H,2,15H2,1H3,(H,25,26). The van der Waals surface area contributed by atoms with Crippen molar-refractivity contribution in [3.63, 3.8) is 0 Å². The Bertz CT molecular complexity index is 1010. The Labute approximate surface area is 179 Å². The number of nitrogens with one attached hydrogen (secondary N) is 1. The van der Waals surface area contributed by atoms with Gasteiger partial charge in [-0.2, -0.15) is 0 Å². The quantitative estimate of drug-likeness (QED) is 0.369. The van der Waals surface area contributed by atoms with E-state index in [0.29, 0.717) is 16.8 Å². The molecule has 0 aliphatic rings. The van der Waals surface area contributed by atoms with Crippen LogP contribution in [0.15, 0.2) is 77.7 Å². The van der Waals surface area contributed by atoms with E-state index in [0.717, 1.165) is 10.6 Å². The molecule has 1 N–H and O–H groups in total. The maximum atomic E-state index is 12.8. The first-order valence-corrected chi connectivity index (χ1v) is 10.5. The fraction of sp³-hybridized carbons (Fsp3) is 0.130. The summed E-state index contributed by atoms with van der Waals surface area (Å²) in [5, 5.41) is 3.10. The molecule has 3 aromatic carbocycles. The zero-order valence-corrected chi connectivity index (χ0v) is 17.4. The molecule has 3 rings (SSSR count). The van der Waals surface area contributed by atoms with E-state index in [2.05, 4.69) is 17.4 Å². The van der Waals surface area contributed by atoms with Gasteiger partial charge in [0.1, 0.15) is 0 Å². The lowest BCUT2D eigenvalue weighted by atomic mass is 10.1. The largest absolute Gasteiger partial charge is 0.462 e. The number of benzene rings is 3. The van der Waals surface area contributed by atoms with Crippen LogP contribution in [-0.4, -0.2) is 18.5 Å². The molecule has 0 bridgehead atoms. The predicted molar refractivity (Wildman–Crippen MR) is 118 cm³/mol. The van der Waals surface area contributed by atoms with Crippen LogP contribution >= 0.6 is 23.4 Å². The monoisotopic (exact) mass is 425 g/mol. The topological polar surface area (TPSA) is 55.4 Å². The molecule has 0 saturated heterocycles. The van der Waals surface area contributed by atoms with Crippen LogP contribution in [0.3, 0.4) is 0 Å². The zero-order valence-electron chi connectivity index (χ0n) is 15.9. The molecule has 0 saturated carbocycles. The summed E-state index contributed by atoms with van der Waals surface area (Å²) in [6, 6.07) is 22.2. The van der Waals surface area contributed by atoms with Crippen molar-refractivity contribution in [3.05, 3.63) is 94.5 Å². The van der Waals surface area contributed by atoms with Crippen LogP contribution in [0.4, 0.5) is 5.69 Å². The van der Waals surface area contributed by atoms with Crippen molar-refractivity contribution in [1.29, 1.82) is 0 Å². The summed E-state index contributed by atoms with van der Waals surface area (Å²) in [7, 11) is 0. The SMILES string of the molecule is CCOC(=O)c1ccc(NC(=O)c2ccccc2SCc2ccccc2)c(Cl)c1. The summed E-state index contributed by atoms with van der Waals surface area (Å²) >= 11 is 7.86. The van der Waals surface area contributed by atoms with Gasteiger partial charge in [-0.1, -0.05) is 54.1 Å². The molecule has 0 fully saturated rings. The first-order chi connectivity index (χ1) is 14.1. The zero-order chi connectivity index (χ0) is 20.6. The van der Waals surface area contributed by atoms with E-state index in [-0.39, 0.29) is 17.5 Å². The number of esters is 1. The average molecular weight is 426 g/mol. The van der Waals surface area contributed by atoms with E-state index < -0.39 is 5.97 Å². The van der Waals surface area contributed by atoms with Crippen molar-refractivity contribution < 1.29 is 14.3 Å². The highest BCUT2D eigenvalue weighted by molar-refractivity contribution is 7.98. The highest BCUT2D eigenvalue weighted by Crippen LogP contribution is 2.28. The van der Waals surface area contributed by atoms with Crippen LogP contribution in [0.5, 0.6) is 0 Å². The Balaban J connectivity index is 1.73. The molecule has 0 spiro atoms. The molecule has 0 aliphatic heterocycles. The molecule has 0 atom stereocenters. The van der Waals surface area contributed by atoms with E-state index in [1.54, 1.807) is 36.9 Å². The third kappa shape index (κ3) is 5.62. The smallest absolute Gasteiger partial charge is 0.338 e. The molecule has 4 nitrogen and oxygen atoms in total. The number of hydrogen-bond donors (Lipinski definition) is 1. The Morgan fingerprint density at radius 3 is 2.45 bits per heavy atom. The van der Waals surface area contributed by atoms with Crippen molar-refractivity contribution >= 4 is 40.9 Å². The molecular weight excluding hydrogens is 406 g/mol. The van der Waals surface area contributed by atoms with Gasteiger partial charge >= 0.3 is 5.97 Å². The summed E-state index contributed by atoms with van der Waals surface area (Å²) < 4.78 is 4.96. The maximum absolute atomic E-state index is 12.8. The molecule has 0 aromatic heterocycles. The van der Waals surface area contributed by atoms with Gasteiger partial charge in [0.25, 0.3) is 5.91 Å². The first kappa shape index (κ1) is 21.0.